The number of rotatable bonds is 4. The van der Waals surface area contributed by atoms with Crippen LogP contribution in [0.25, 0.3) is 0 Å². The van der Waals surface area contributed by atoms with Crippen molar-refractivity contribution >= 4 is 0 Å². The topological polar surface area (TPSA) is 48.3 Å². The van der Waals surface area contributed by atoms with E-state index in [0.717, 1.165) is 18.2 Å². The molecule has 1 aliphatic heterocycles. The van der Waals surface area contributed by atoms with Crippen LogP contribution >= 0.6 is 0 Å². The van der Waals surface area contributed by atoms with Crippen molar-refractivity contribution < 1.29 is 22.3 Å². The van der Waals surface area contributed by atoms with Crippen LogP contribution in [-0.4, -0.2) is 37.4 Å². The summed E-state index contributed by atoms with van der Waals surface area (Å²) >= 11 is 0. The first-order valence-electron chi connectivity index (χ1n) is 6.77. The first kappa shape index (κ1) is 16.5. The summed E-state index contributed by atoms with van der Waals surface area (Å²) < 4.78 is 54.7. The van der Waals surface area contributed by atoms with E-state index in [1.165, 1.54) is 0 Å². The van der Waals surface area contributed by atoms with Gasteiger partial charge in [-0.25, -0.2) is 4.39 Å². The monoisotopic (exact) mass is 317 g/mol. The Morgan fingerprint density at radius 1 is 1.32 bits per heavy atom. The van der Waals surface area contributed by atoms with Crippen molar-refractivity contribution in [1.82, 2.24) is 10.2 Å². The van der Waals surface area contributed by atoms with Gasteiger partial charge in [0, 0.05) is 31.7 Å². The van der Waals surface area contributed by atoms with Gasteiger partial charge in [0.2, 0.25) is 0 Å². The van der Waals surface area contributed by atoms with Crippen molar-refractivity contribution in [1.29, 1.82) is 5.26 Å². The first-order valence-corrected chi connectivity index (χ1v) is 6.77. The Balaban J connectivity index is 2.29. The second kappa shape index (κ2) is 6.94. The molecule has 8 heteroatoms. The summed E-state index contributed by atoms with van der Waals surface area (Å²) in [5.74, 6) is -1.13. The number of benzene rings is 1. The molecule has 1 N–H and O–H groups in total. The second-order valence-corrected chi connectivity index (χ2v) is 4.90. The molecule has 1 aliphatic rings. The van der Waals surface area contributed by atoms with Crippen molar-refractivity contribution in [2.45, 2.75) is 18.8 Å². The van der Waals surface area contributed by atoms with E-state index in [1.54, 1.807) is 0 Å². The smallest absolute Gasteiger partial charge is 0.406 e. The van der Waals surface area contributed by atoms with E-state index in [0.29, 0.717) is 26.2 Å². The predicted molar refractivity (Wildman–Crippen MR) is 70.5 cm³/mol. The van der Waals surface area contributed by atoms with Crippen LogP contribution in [0, 0.1) is 17.1 Å². The lowest BCUT2D eigenvalue weighted by Crippen LogP contribution is -2.45. The van der Waals surface area contributed by atoms with Gasteiger partial charge in [-0.2, -0.15) is 5.26 Å². The maximum atomic E-state index is 14.0. The van der Waals surface area contributed by atoms with Crippen LogP contribution in [0.3, 0.4) is 0 Å². The van der Waals surface area contributed by atoms with Crippen LogP contribution in [0.4, 0.5) is 17.6 Å². The fourth-order valence-corrected chi connectivity index (χ4v) is 2.49. The predicted octanol–water partition coefficient (Wildman–Crippen LogP) is 2.58. The van der Waals surface area contributed by atoms with Gasteiger partial charge in [-0.15, -0.1) is 13.2 Å². The van der Waals surface area contributed by atoms with Crippen molar-refractivity contribution in [2.24, 2.45) is 0 Å². The summed E-state index contributed by atoms with van der Waals surface area (Å²) in [4.78, 5) is 1.88. The fourth-order valence-electron chi connectivity index (χ4n) is 2.49. The number of piperazine rings is 1. The van der Waals surface area contributed by atoms with Gasteiger partial charge in [0.25, 0.3) is 0 Å². The molecule has 1 heterocycles. The van der Waals surface area contributed by atoms with Gasteiger partial charge in [0.1, 0.15) is 11.6 Å². The Kier molecular flexibility index (Phi) is 5.21. The van der Waals surface area contributed by atoms with Gasteiger partial charge in [-0.05, 0) is 18.2 Å². The molecule has 1 aromatic carbocycles. The number of hydrogen-bond donors (Lipinski definition) is 1. The third kappa shape index (κ3) is 4.32. The number of nitrogens with one attached hydrogen (secondary N) is 1. The lowest BCUT2D eigenvalue weighted by atomic mass is 10.0. The third-order valence-electron chi connectivity index (χ3n) is 3.44. The van der Waals surface area contributed by atoms with Gasteiger partial charge in [-0.3, -0.25) is 4.90 Å². The highest BCUT2D eigenvalue weighted by Crippen LogP contribution is 2.31. The van der Waals surface area contributed by atoms with Crippen molar-refractivity contribution in [3.8, 4) is 11.8 Å². The van der Waals surface area contributed by atoms with E-state index < -0.39 is 24.0 Å². The van der Waals surface area contributed by atoms with E-state index >= 15 is 0 Å². The van der Waals surface area contributed by atoms with Crippen LogP contribution in [-0.2, 0) is 0 Å². The molecule has 1 atom stereocenters. The molecule has 0 radical (unpaired) electrons. The minimum Gasteiger partial charge on any atom is -0.406 e. The van der Waals surface area contributed by atoms with Gasteiger partial charge in [0.05, 0.1) is 18.5 Å². The summed E-state index contributed by atoms with van der Waals surface area (Å²) in [6, 6.07) is 4.25. The fraction of sp³-hybridized carbons (Fsp3) is 0.500. The summed E-state index contributed by atoms with van der Waals surface area (Å²) in [6.45, 7) is 2.55. The number of nitriles is 1. The number of alkyl halides is 3. The van der Waals surface area contributed by atoms with Gasteiger partial charge in [0.15, 0.2) is 0 Å². The molecule has 22 heavy (non-hydrogen) atoms. The van der Waals surface area contributed by atoms with Crippen LogP contribution in [0.15, 0.2) is 18.2 Å². The van der Waals surface area contributed by atoms with Crippen molar-refractivity contribution in [2.75, 3.05) is 26.2 Å². The minimum absolute atomic E-state index is 0.00755. The van der Waals surface area contributed by atoms with Crippen LogP contribution in [0.2, 0.25) is 0 Å². The van der Waals surface area contributed by atoms with Gasteiger partial charge in [-0.1, -0.05) is 0 Å². The largest absolute Gasteiger partial charge is 0.573 e. The number of nitrogens with zero attached hydrogens (tertiary/aromatic N) is 2. The third-order valence-corrected chi connectivity index (χ3v) is 3.44. The van der Waals surface area contributed by atoms with Crippen molar-refractivity contribution in [3.05, 3.63) is 29.6 Å². The SMILES string of the molecule is N#CC[C@@H](c1cc(OC(F)(F)F)ccc1F)N1CCNCC1. The maximum Gasteiger partial charge on any atom is 0.573 e. The molecular weight excluding hydrogens is 302 g/mol. The molecular formula is C14H15F4N3O. The molecule has 0 bridgehead atoms. The second-order valence-electron chi connectivity index (χ2n) is 4.90. The number of halogens is 4. The first-order chi connectivity index (χ1) is 10.4. The molecule has 0 amide bonds. The zero-order chi connectivity index (χ0) is 16.2. The molecule has 1 saturated heterocycles. The van der Waals surface area contributed by atoms with Crippen molar-refractivity contribution in [3.63, 3.8) is 0 Å². The average Bonchev–Trinajstić information content (AvgIpc) is 2.46. The molecule has 0 aromatic heterocycles. The highest BCUT2D eigenvalue weighted by molar-refractivity contribution is 5.32. The molecule has 4 nitrogen and oxygen atoms in total. The Morgan fingerprint density at radius 3 is 2.59 bits per heavy atom. The molecule has 120 valence electrons. The molecule has 0 spiro atoms. The zero-order valence-electron chi connectivity index (χ0n) is 11.7. The Labute approximate surface area is 125 Å². The average molecular weight is 317 g/mol. The van der Waals surface area contributed by atoms with Crippen LogP contribution < -0.4 is 10.1 Å². The minimum atomic E-state index is -4.84. The Morgan fingerprint density at radius 2 is 2.00 bits per heavy atom. The Bertz CT molecular complexity index is 550. The van der Waals surface area contributed by atoms with E-state index in [1.807, 2.05) is 11.0 Å². The molecule has 1 fully saturated rings. The lowest BCUT2D eigenvalue weighted by Gasteiger charge is -2.34. The van der Waals surface area contributed by atoms with Crippen LogP contribution in [0.5, 0.6) is 5.75 Å². The summed E-state index contributed by atoms with van der Waals surface area (Å²) in [5.41, 5.74) is 0.0465. The molecule has 0 aliphatic carbocycles. The number of ether oxygens (including phenoxy) is 1. The standard InChI is InChI=1S/C14H15F4N3O/c15-12-2-1-10(22-14(16,17)18)9-11(12)13(3-4-19)21-7-5-20-6-8-21/h1-2,9,13,20H,3,5-8H2/t13-/m0/s1. The van der Waals surface area contributed by atoms with E-state index in [4.69, 9.17) is 5.26 Å². The summed E-state index contributed by atoms with van der Waals surface area (Å²) in [5, 5.41) is 12.1. The molecule has 2 rings (SSSR count). The Hall–Kier alpha value is -1.85. The molecule has 1 aromatic rings. The summed E-state index contributed by atoms with van der Waals surface area (Å²) in [6.07, 6.45) is -4.85. The van der Waals surface area contributed by atoms with Crippen LogP contribution in [0.1, 0.15) is 18.0 Å². The van der Waals surface area contributed by atoms with Gasteiger partial charge >= 0.3 is 6.36 Å². The molecule has 0 saturated carbocycles. The molecule has 0 unspecified atom stereocenters. The van der Waals surface area contributed by atoms with E-state index in [-0.39, 0.29) is 12.0 Å². The maximum absolute atomic E-state index is 14.0. The van der Waals surface area contributed by atoms with Gasteiger partial charge < -0.3 is 10.1 Å². The zero-order valence-corrected chi connectivity index (χ0v) is 11.7. The van der Waals surface area contributed by atoms with E-state index in [9.17, 15) is 17.6 Å². The highest BCUT2D eigenvalue weighted by Gasteiger charge is 2.32. The normalized spacial score (nSPS) is 17.8. The summed E-state index contributed by atoms with van der Waals surface area (Å²) in [7, 11) is 0. The lowest BCUT2D eigenvalue weighted by molar-refractivity contribution is -0.274. The highest BCUT2D eigenvalue weighted by atomic mass is 19.4. The quantitative estimate of drug-likeness (QED) is 0.867. The van der Waals surface area contributed by atoms with E-state index in [2.05, 4.69) is 10.1 Å². The number of hydrogen-bond acceptors (Lipinski definition) is 4.